The first-order valence-electron chi connectivity index (χ1n) is 8.72. The summed E-state index contributed by atoms with van der Waals surface area (Å²) >= 11 is 1.51. The number of thiazole rings is 1. The summed E-state index contributed by atoms with van der Waals surface area (Å²) in [6.07, 6.45) is 2.65. The number of amides is 1. The number of nitrogens with zero attached hydrogens (tertiary/aromatic N) is 1. The third kappa shape index (κ3) is 5.17. The van der Waals surface area contributed by atoms with Crippen LogP contribution in [-0.2, 0) is 11.2 Å². The maximum atomic E-state index is 12.1. The monoisotopic (exact) mass is 365 g/mol. The zero-order valence-corrected chi connectivity index (χ0v) is 15.8. The second kappa shape index (κ2) is 8.63. The Morgan fingerprint density at radius 1 is 1.08 bits per heavy atom. The van der Waals surface area contributed by atoms with Gasteiger partial charge in [-0.15, -0.1) is 11.3 Å². The van der Waals surface area contributed by atoms with Crippen LogP contribution in [0.15, 0.2) is 60.8 Å². The van der Waals surface area contributed by atoms with Gasteiger partial charge >= 0.3 is 0 Å². The molecule has 0 aliphatic rings. The molecule has 134 valence electrons. The van der Waals surface area contributed by atoms with Crippen LogP contribution in [0.1, 0.15) is 35.8 Å². The van der Waals surface area contributed by atoms with Gasteiger partial charge in [-0.1, -0.05) is 56.3 Å². The molecule has 2 N–H and O–H groups in total. The number of rotatable bonds is 7. The van der Waals surface area contributed by atoms with E-state index in [-0.39, 0.29) is 12.5 Å². The minimum Gasteiger partial charge on any atom is -0.376 e. The predicted molar refractivity (Wildman–Crippen MR) is 109 cm³/mol. The van der Waals surface area contributed by atoms with Crippen molar-refractivity contribution in [1.29, 1.82) is 0 Å². The summed E-state index contributed by atoms with van der Waals surface area (Å²) < 4.78 is 0. The summed E-state index contributed by atoms with van der Waals surface area (Å²) in [5, 5.41) is 6.63. The van der Waals surface area contributed by atoms with E-state index in [0.29, 0.717) is 11.0 Å². The van der Waals surface area contributed by atoms with Gasteiger partial charge in [-0.3, -0.25) is 4.79 Å². The molecule has 0 bridgehead atoms. The van der Waals surface area contributed by atoms with E-state index < -0.39 is 0 Å². The van der Waals surface area contributed by atoms with Gasteiger partial charge in [0.1, 0.15) is 0 Å². The van der Waals surface area contributed by atoms with Gasteiger partial charge in [0.2, 0.25) is 5.91 Å². The molecule has 4 nitrogen and oxygen atoms in total. The minimum absolute atomic E-state index is 0.0986. The smallest absolute Gasteiger partial charge is 0.245 e. The maximum absolute atomic E-state index is 12.1. The Morgan fingerprint density at radius 3 is 2.50 bits per heavy atom. The number of hydrogen-bond acceptors (Lipinski definition) is 4. The van der Waals surface area contributed by atoms with Gasteiger partial charge in [0.05, 0.1) is 6.54 Å². The molecule has 3 rings (SSSR count). The molecule has 0 saturated heterocycles. The number of aromatic nitrogens is 1. The van der Waals surface area contributed by atoms with Crippen LogP contribution in [0.4, 0.5) is 10.8 Å². The second-order valence-corrected chi connectivity index (χ2v) is 7.59. The van der Waals surface area contributed by atoms with E-state index in [1.165, 1.54) is 22.5 Å². The van der Waals surface area contributed by atoms with Crippen molar-refractivity contribution in [1.82, 2.24) is 4.98 Å². The molecule has 3 aromatic rings. The molecular weight excluding hydrogens is 342 g/mol. The summed E-state index contributed by atoms with van der Waals surface area (Å²) in [4.78, 5) is 17.5. The van der Waals surface area contributed by atoms with Gasteiger partial charge in [-0.05, 0) is 29.2 Å². The molecule has 0 unspecified atom stereocenters. The summed E-state index contributed by atoms with van der Waals surface area (Å²) in [6, 6.07) is 18.4. The van der Waals surface area contributed by atoms with E-state index in [0.717, 1.165) is 17.0 Å². The number of benzene rings is 2. The average molecular weight is 366 g/mol. The lowest BCUT2D eigenvalue weighted by Gasteiger charge is -2.09. The normalized spacial score (nSPS) is 10.7. The molecule has 1 aromatic heterocycles. The van der Waals surface area contributed by atoms with Crippen LogP contribution in [0, 0.1) is 0 Å². The molecular formula is C21H23N3OS. The lowest BCUT2D eigenvalue weighted by molar-refractivity contribution is -0.114. The fourth-order valence-corrected chi connectivity index (χ4v) is 3.44. The average Bonchev–Trinajstić information content (AvgIpc) is 3.08. The first-order chi connectivity index (χ1) is 12.6. The molecule has 0 aliphatic heterocycles. The number of carbonyl (C=O) groups excluding carboxylic acids is 1. The first kappa shape index (κ1) is 18.1. The Kier molecular flexibility index (Phi) is 6.02. The number of nitrogens with one attached hydrogen (secondary N) is 2. The summed E-state index contributed by atoms with van der Waals surface area (Å²) in [7, 11) is 0. The largest absolute Gasteiger partial charge is 0.376 e. The van der Waals surface area contributed by atoms with E-state index in [1.807, 2.05) is 36.5 Å². The van der Waals surface area contributed by atoms with Gasteiger partial charge in [-0.2, -0.15) is 0 Å². The van der Waals surface area contributed by atoms with Crippen molar-refractivity contribution in [3.63, 3.8) is 0 Å². The third-order valence-electron chi connectivity index (χ3n) is 4.05. The van der Waals surface area contributed by atoms with Gasteiger partial charge in [0, 0.05) is 23.2 Å². The van der Waals surface area contributed by atoms with Gasteiger partial charge in [0.25, 0.3) is 0 Å². The van der Waals surface area contributed by atoms with Crippen LogP contribution in [0.2, 0.25) is 0 Å². The number of hydrogen-bond donors (Lipinski definition) is 2. The van der Waals surface area contributed by atoms with E-state index in [2.05, 4.69) is 53.7 Å². The van der Waals surface area contributed by atoms with Crippen molar-refractivity contribution >= 4 is 28.1 Å². The Bertz CT molecular complexity index is 841. The summed E-state index contributed by atoms with van der Waals surface area (Å²) in [6.45, 7) is 4.54. The molecule has 1 amide bonds. The van der Waals surface area contributed by atoms with Crippen LogP contribution in [0.25, 0.3) is 0 Å². The van der Waals surface area contributed by atoms with E-state index >= 15 is 0 Å². The maximum Gasteiger partial charge on any atom is 0.245 e. The van der Waals surface area contributed by atoms with Crippen molar-refractivity contribution < 1.29 is 4.79 Å². The SMILES string of the molecule is CC(C)c1ccc(NCC(=O)Nc2ncc(Cc3ccccc3)s2)cc1. The summed E-state index contributed by atoms with van der Waals surface area (Å²) in [5.74, 6) is 0.404. The molecule has 0 atom stereocenters. The zero-order chi connectivity index (χ0) is 18.4. The van der Waals surface area contributed by atoms with Crippen molar-refractivity contribution in [3.05, 3.63) is 76.8 Å². The fraction of sp³-hybridized carbons (Fsp3) is 0.238. The lowest BCUT2D eigenvalue weighted by Crippen LogP contribution is -2.21. The first-order valence-corrected chi connectivity index (χ1v) is 9.54. The molecule has 0 radical (unpaired) electrons. The quantitative estimate of drug-likeness (QED) is 0.626. The topological polar surface area (TPSA) is 54.0 Å². The molecule has 0 spiro atoms. The van der Waals surface area contributed by atoms with Gasteiger partial charge in [0.15, 0.2) is 5.13 Å². The molecule has 2 aromatic carbocycles. The predicted octanol–water partition coefficient (Wildman–Crippen LogP) is 4.91. The number of anilines is 2. The highest BCUT2D eigenvalue weighted by Crippen LogP contribution is 2.21. The highest BCUT2D eigenvalue weighted by molar-refractivity contribution is 7.15. The highest BCUT2D eigenvalue weighted by Gasteiger charge is 2.07. The summed E-state index contributed by atoms with van der Waals surface area (Å²) in [5.41, 5.74) is 3.46. The van der Waals surface area contributed by atoms with E-state index in [1.54, 1.807) is 0 Å². The Morgan fingerprint density at radius 2 is 1.81 bits per heavy atom. The molecule has 26 heavy (non-hydrogen) atoms. The molecule has 1 heterocycles. The van der Waals surface area contributed by atoms with E-state index in [4.69, 9.17) is 0 Å². The fourth-order valence-electron chi connectivity index (χ4n) is 2.58. The number of carbonyl (C=O) groups is 1. The lowest BCUT2D eigenvalue weighted by atomic mass is 10.0. The second-order valence-electron chi connectivity index (χ2n) is 6.47. The standard InChI is InChI=1S/C21H23N3OS/c1-15(2)17-8-10-18(11-9-17)22-14-20(25)24-21-23-13-19(26-21)12-16-6-4-3-5-7-16/h3-11,13,15,22H,12,14H2,1-2H3,(H,23,24,25). The molecule has 0 aliphatic carbocycles. The highest BCUT2D eigenvalue weighted by atomic mass is 32.1. The Hall–Kier alpha value is -2.66. The van der Waals surface area contributed by atoms with Crippen LogP contribution in [0.5, 0.6) is 0 Å². The van der Waals surface area contributed by atoms with Gasteiger partial charge < -0.3 is 10.6 Å². The zero-order valence-electron chi connectivity index (χ0n) is 15.0. The third-order valence-corrected chi connectivity index (χ3v) is 4.96. The molecule has 5 heteroatoms. The van der Waals surface area contributed by atoms with Crippen molar-refractivity contribution in [2.24, 2.45) is 0 Å². The molecule has 0 saturated carbocycles. The Balaban J connectivity index is 1.49. The molecule has 0 fully saturated rings. The van der Waals surface area contributed by atoms with Gasteiger partial charge in [-0.25, -0.2) is 4.98 Å². The van der Waals surface area contributed by atoms with Crippen LogP contribution < -0.4 is 10.6 Å². The Labute approximate surface area is 158 Å². The van der Waals surface area contributed by atoms with Crippen molar-refractivity contribution in [2.45, 2.75) is 26.2 Å². The van der Waals surface area contributed by atoms with Crippen LogP contribution in [0.3, 0.4) is 0 Å². The van der Waals surface area contributed by atoms with Crippen molar-refractivity contribution in [2.75, 3.05) is 17.2 Å². The van der Waals surface area contributed by atoms with E-state index in [9.17, 15) is 4.79 Å². The minimum atomic E-state index is -0.0986. The van der Waals surface area contributed by atoms with Crippen molar-refractivity contribution in [3.8, 4) is 0 Å². The van der Waals surface area contributed by atoms with Crippen LogP contribution >= 0.6 is 11.3 Å². The van der Waals surface area contributed by atoms with Crippen LogP contribution in [-0.4, -0.2) is 17.4 Å².